The second-order valence-corrected chi connectivity index (χ2v) is 12.6. The molecule has 188 valence electrons. The van der Waals surface area contributed by atoms with E-state index >= 15 is 0 Å². The molecule has 2 rings (SSSR count). The van der Waals surface area contributed by atoms with E-state index < -0.39 is 18.4 Å². The van der Waals surface area contributed by atoms with Crippen molar-refractivity contribution in [1.82, 2.24) is 0 Å². The van der Waals surface area contributed by atoms with Crippen LogP contribution >= 0.6 is 29.3 Å². The fourth-order valence-electron chi connectivity index (χ4n) is 3.46. The smallest absolute Gasteiger partial charge is 0.497 e. The van der Waals surface area contributed by atoms with Crippen LogP contribution < -0.4 is 18.7 Å². The first kappa shape index (κ1) is 28.4. The van der Waals surface area contributed by atoms with Crippen LogP contribution in [0.3, 0.4) is 0 Å². The molecule has 2 aromatic carbocycles. The van der Waals surface area contributed by atoms with Gasteiger partial charge in [-0.1, -0.05) is 41.5 Å². The molecule has 0 atom stereocenters. The van der Waals surface area contributed by atoms with Crippen LogP contribution in [0.1, 0.15) is 59.6 Å². The molecule has 34 heavy (non-hydrogen) atoms. The molecule has 0 amide bonds. The highest BCUT2D eigenvalue weighted by Crippen LogP contribution is 2.55. The lowest BCUT2D eigenvalue weighted by Gasteiger charge is -2.28. The molecule has 0 aliphatic heterocycles. The summed E-state index contributed by atoms with van der Waals surface area (Å²) in [6.45, 7) is 12.3. The van der Waals surface area contributed by atoms with E-state index in [1.54, 1.807) is 33.3 Å². The third-order valence-electron chi connectivity index (χ3n) is 5.11. The Bertz CT molecular complexity index is 1030. The van der Waals surface area contributed by atoms with Gasteiger partial charge in [-0.25, -0.2) is 4.79 Å². The summed E-state index contributed by atoms with van der Waals surface area (Å²) in [5.41, 5.74) is 2.00. The second-order valence-electron chi connectivity index (χ2n) is 9.68. The Hall–Kier alpha value is -1.88. The average Bonchev–Trinajstić information content (AvgIpc) is 2.72. The molecule has 0 saturated heterocycles. The molecule has 0 aromatic heterocycles. The Morgan fingerprint density at radius 1 is 0.824 bits per heavy atom. The minimum absolute atomic E-state index is 0.180. The number of methoxy groups -OCH3 is 2. The Labute approximate surface area is 213 Å². The zero-order valence-corrected chi connectivity index (χ0v) is 23.6. The molecule has 0 radical (unpaired) electrons. The number of ether oxygens (including phenoxy) is 4. The van der Waals surface area contributed by atoms with Crippen molar-refractivity contribution >= 4 is 35.5 Å². The van der Waals surface area contributed by atoms with Crippen LogP contribution in [-0.4, -0.2) is 27.0 Å². The van der Waals surface area contributed by atoms with Gasteiger partial charge in [-0.3, -0.25) is 0 Å². The summed E-state index contributed by atoms with van der Waals surface area (Å²) < 4.78 is 28.1. The molecule has 0 fully saturated rings. The van der Waals surface area contributed by atoms with Gasteiger partial charge in [0.1, 0.15) is 23.0 Å². The van der Waals surface area contributed by atoms with Crippen LogP contribution in [0.15, 0.2) is 24.3 Å². The molecule has 0 aliphatic carbocycles. The van der Waals surface area contributed by atoms with Crippen molar-refractivity contribution in [3.8, 4) is 34.1 Å². The van der Waals surface area contributed by atoms with Crippen LogP contribution in [0.5, 0.6) is 23.0 Å². The molecule has 6 nitrogen and oxygen atoms in total. The Kier molecular flexibility index (Phi) is 9.37. The van der Waals surface area contributed by atoms with Crippen LogP contribution in [-0.2, 0) is 15.6 Å². The largest absolute Gasteiger partial charge is 0.513 e. The number of rotatable bonds is 7. The number of carbonyl (C=O) groups excluding carboxylic acids is 1. The fourth-order valence-corrected chi connectivity index (χ4v) is 4.21. The number of hydrogen-bond acceptors (Lipinski definition) is 6. The molecule has 9 heteroatoms. The van der Waals surface area contributed by atoms with E-state index in [1.807, 2.05) is 53.7 Å². The van der Waals surface area contributed by atoms with Crippen molar-refractivity contribution in [2.24, 2.45) is 0 Å². The van der Waals surface area contributed by atoms with E-state index in [1.165, 1.54) is 0 Å². The van der Waals surface area contributed by atoms with Gasteiger partial charge >= 0.3 is 6.16 Å². The number of hydrogen-bond donors (Lipinski definition) is 0. The maximum atomic E-state index is 12.5. The minimum Gasteiger partial charge on any atom is -0.497 e. The molecule has 0 unspecified atom stereocenters. The topological polar surface area (TPSA) is 63.2 Å². The lowest BCUT2D eigenvalue weighted by molar-refractivity contribution is 0.104. The SMILES string of the molecule is CCOC(=O)Oc1c(-c2cc(OC)cc(C(C)(C)C)c2OP(Cl)Cl)cc(OC)cc1C(C)(C)C. The normalized spacial score (nSPS) is 11.9. The van der Waals surface area contributed by atoms with Crippen molar-refractivity contribution in [1.29, 1.82) is 0 Å². The van der Waals surface area contributed by atoms with E-state index in [4.69, 9.17) is 46.0 Å². The van der Waals surface area contributed by atoms with Gasteiger partial charge in [0, 0.05) is 22.3 Å². The zero-order valence-electron chi connectivity index (χ0n) is 21.2. The summed E-state index contributed by atoms with van der Waals surface area (Å²) in [7, 11) is 3.17. The van der Waals surface area contributed by atoms with Crippen molar-refractivity contribution in [2.45, 2.75) is 59.3 Å². The third-order valence-corrected chi connectivity index (χ3v) is 5.84. The van der Waals surface area contributed by atoms with Gasteiger partial charge in [0.2, 0.25) is 0 Å². The van der Waals surface area contributed by atoms with E-state index in [2.05, 4.69) is 0 Å². The zero-order chi connectivity index (χ0) is 25.8. The maximum Gasteiger partial charge on any atom is 0.513 e. The molecule has 0 N–H and O–H groups in total. The van der Waals surface area contributed by atoms with E-state index in [-0.39, 0.29) is 12.0 Å². The first-order chi connectivity index (χ1) is 15.7. The average molecular weight is 531 g/mol. The lowest BCUT2D eigenvalue weighted by Crippen LogP contribution is -2.18. The third kappa shape index (κ3) is 6.84. The van der Waals surface area contributed by atoms with Crippen LogP contribution in [0, 0.1) is 0 Å². The standard InChI is InChI=1S/C25H33Cl2O6P/c1-10-31-23(28)32-21-17(11-15(29-8)13-19(21)24(2,3)4)18-12-16(30-9)14-20(25(5,6)7)22(18)33-34(26)27/h11-14H,10H2,1-9H3. The monoisotopic (exact) mass is 530 g/mol. The highest BCUT2D eigenvalue weighted by Gasteiger charge is 2.31. The summed E-state index contributed by atoms with van der Waals surface area (Å²) in [5, 5.41) is 0. The molecule has 2 aromatic rings. The highest BCUT2D eigenvalue weighted by molar-refractivity contribution is 8.00. The minimum atomic E-state index is -1.79. The van der Waals surface area contributed by atoms with Gasteiger partial charge in [0.25, 0.3) is 6.85 Å². The van der Waals surface area contributed by atoms with Gasteiger partial charge in [-0.15, -0.1) is 0 Å². The van der Waals surface area contributed by atoms with Crippen molar-refractivity contribution in [3.63, 3.8) is 0 Å². The van der Waals surface area contributed by atoms with Gasteiger partial charge in [-0.05, 0) is 64.5 Å². The molecule has 0 heterocycles. The first-order valence-electron chi connectivity index (χ1n) is 10.8. The van der Waals surface area contributed by atoms with Gasteiger partial charge in [-0.2, -0.15) is 0 Å². The molecular formula is C25H33Cl2O6P. The van der Waals surface area contributed by atoms with E-state index in [0.717, 1.165) is 11.1 Å². The predicted molar refractivity (Wildman–Crippen MR) is 139 cm³/mol. The lowest BCUT2D eigenvalue weighted by atomic mass is 9.81. The van der Waals surface area contributed by atoms with Gasteiger partial charge in [0.05, 0.1) is 20.8 Å². The molecule has 0 saturated carbocycles. The highest BCUT2D eigenvalue weighted by atomic mass is 35.9. The molecular weight excluding hydrogens is 498 g/mol. The summed E-state index contributed by atoms with van der Waals surface area (Å²) in [6, 6.07) is 7.32. The quantitative estimate of drug-likeness (QED) is 0.203. The number of carbonyl (C=O) groups is 1. The number of benzene rings is 2. The Balaban J connectivity index is 3.04. The fraction of sp³-hybridized carbons (Fsp3) is 0.480. The molecule has 0 aliphatic rings. The van der Waals surface area contributed by atoms with Gasteiger partial charge < -0.3 is 23.5 Å². The molecule has 0 bridgehead atoms. The summed E-state index contributed by atoms with van der Waals surface area (Å²) >= 11 is 12.3. The second kappa shape index (κ2) is 11.2. The van der Waals surface area contributed by atoms with Crippen LogP contribution in [0.2, 0.25) is 0 Å². The summed E-state index contributed by atoms with van der Waals surface area (Å²) in [5.74, 6) is 1.99. The maximum absolute atomic E-state index is 12.5. The summed E-state index contributed by atoms with van der Waals surface area (Å²) in [4.78, 5) is 12.5. The van der Waals surface area contributed by atoms with Crippen molar-refractivity contribution < 1.29 is 28.3 Å². The Morgan fingerprint density at radius 3 is 1.65 bits per heavy atom. The number of halogens is 2. The van der Waals surface area contributed by atoms with E-state index in [9.17, 15) is 4.79 Å². The Morgan fingerprint density at radius 2 is 1.26 bits per heavy atom. The van der Waals surface area contributed by atoms with Crippen molar-refractivity contribution in [2.75, 3.05) is 20.8 Å². The predicted octanol–water partition coefficient (Wildman–Crippen LogP) is 8.58. The van der Waals surface area contributed by atoms with Gasteiger partial charge in [0.15, 0.2) is 0 Å². The summed E-state index contributed by atoms with van der Waals surface area (Å²) in [6.07, 6.45) is -0.808. The van der Waals surface area contributed by atoms with Crippen molar-refractivity contribution in [3.05, 3.63) is 35.4 Å². The van der Waals surface area contributed by atoms with Crippen LogP contribution in [0.25, 0.3) is 11.1 Å². The van der Waals surface area contributed by atoms with Crippen LogP contribution in [0.4, 0.5) is 4.79 Å². The first-order valence-corrected chi connectivity index (χ1v) is 13.9. The van der Waals surface area contributed by atoms with E-state index in [0.29, 0.717) is 34.1 Å². The molecule has 0 spiro atoms.